The lowest BCUT2D eigenvalue weighted by Crippen LogP contribution is -2.08. The summed E-state index contributed by atoms with van der Waals surface area (Å²) in [5, 5.41) is 15.4. The van der Waals surface area contributed by atoms with Crippen LogP contribution in [0.1, 0.15) is 17.4 Å². The predicted molar refractivity (Wildman–Crippen MR) is 79.1 cm³/mol. The number of rotatable bonds is 3. The van der Waals surface area contributed by atoms with Crippen LogP contribution >= 0.6 is 11.6 Å². The van der Waals surface area contributed by atoms with E-state index < -0.39 is 6.10 Å². The quantitative estimate of drug-likeness (QED) is 0.798. The van der Waals surface area contributed by atoms with Crippen molar-refractivity contribution in [3.8, 4) is 5.69 Å². The zero-order valence-corrected chi connectivity index (χ0v) is 11.4. The van der Waals surface area contributed by atoms with Gasteiger partial charge in [0.2, 0.25) is 0 Å². The number of hydrogen-bond acceptors (Lipinski definition) is 2. The minimum atomic E-state index is -0.814. The van der Waals surface area contributed by atoms with Gasteiger partial charge in [-0.05, 0) is 24.3 Å². The lowest BCUT2D eigenvalue weighted by atomic mass is 10.1. The van der Waals surface area contributed by atoms with Crippen molar-refractivity contribution < 1.29 is 5.11 Å². The largest absolute Gasteiger partial charge is 0.382 e. The fourth-order valence-electron chi connectivity index (χ4n) is 2.16. The summed E-state index contributed by atoms with van der Waals surface area (Å²) < 4.78 is 1.72. The number of aliphatic hydroxyl groups excluding tert-OH is 1. The Morgan fingerprint density at radius 1 is 0.950 bits per heavy atom. The molecule has 0 fully saturated rings. The molecule has 1 heterocycles. The fourth-order valence-corrected chi connectivity index (χ4v) is 2.40. The van der Waals surface area contributed by atoms with Crippen molar-refractivity contribution in [1.29, 1.82) is 0 Å². The third-order valence-electron chi connectivity index (χ3n) is 3.15. The zero-order valence-electron chi connectivity index (χ0n) is 10.6. The highest BCUT2D eigenvalue weighted by molar-refractivity contribution is 6.31. The standard InChI is InChI=1S/C16H13ClN2O/c17-14-9-5-4-8-13(14)16(20)15-10-11-18-19(15)12-6-2-1-3-7-12/h1-11,16,20H. The van der Waals surface area contributed by atoms with Crippen LogP contribution in [-0.4, -0.2) is 14.9 Å². The van der Waals surface area contributed by atoms with E-state index in [2.05, 4.69) is 5.10 Å². The molecule has 1 aromatic heterocycles. The van der Waals surface area contributed by atoms with Gasteiger partial charge < -0.3 is 5.11 Å². The van der Waals surface area contributed by atoms with Gasteiger partial charge in [0.15, 0.2) is 0 Å². The Balaban J connectivity index is 2.04. The first-order valence-electron chi connectivity index (χ1n) is 6.29. The topological polar surface area (TPSA) is 38.1 Å². The minimum absolute atomic E-state index is 0.542. The van der Waals surface area contributed by atoms with Gasteiger partial charge >= 0.3 is 0 Å². The van der Waals surface area contributed by atoms with Crippen LogP contribution in [0.2, 0.25) is 5.02 Å². The first kappa shape index (κ1) is 12.9. The molecule has 0 bridgehead atoms. The van der Waals surface area contributed by atoms with E-state index in [0.29, 0.717) is 16.3 Å². The molecule has 0 aliphatic rings. The molecule has 0 saturated heterocycles. The van der Waals surface area contributed by atoms with Gasteiger partial charge in [0.05, 0.1) is 11.4 Å². The molecule has 1 unspecified atom stereocenters. The number of para-hydroxylation sites is 1. The van der Waals surface area contributed by atoms with E-state index in [0.717, 1.165) is 5.69 Å². The second-order valence-electron chi connectivity index (χ2n) is 4.43. The van der Waals surface area contributed by atoms with Crippen LogP contribution in [0.25, 0.3) is 5.69 Å². The van der Waals surface area contributed by atoms with Crippen molar-refractivity contribution in [2.45, 2.75) is 6.10 Å². The van der Waals surface area contributed by atoms with E-state index in [9.17, 15) is 5.11 Å². The van der Waals surface area contributed by atoms with E-state index in [4.69, 9.17) is 11.6 Å². The Bertz CT molecular complexity index is 709. The highest BCUT2D eigenvalue weighted by Gasteiger charge is 2.18. The number of aliphatic hydroxyl groups is 1. The lowest BCUT2D eigenvalue weighted by Gasteiger charge is -2.15. The number of nitrogens with zero attached hydrogens (tertiary/aromatic N) is 2. The molecule has 0 aliphatic heterocycles. The summed E-state index contributed by atoms with van der Waals surface area (Å²) in [5.41, 5.74) is 2.26. The summed E-state index contributed by atoms with van der Waals surface area (Å²) in [6, 6.07) is 18.8. The Hall–Kier alpha value is -2.10. The summed E-state index contributed by atoms with van der Waals surface area (Å²) >= 11 is 6.14. The van der Waals surface area contributed by atoms with Gasteiger partial charge in [0.25, 0.3) is 0 Å². The maximum atomic E-state index is 10.6. The van der Waals surface area contributed by atoms with Crippen LogP contribution in [0.15, 0.2) is 66.9 Å². The highest BCUT2D eigenvalue weighted by Crippen LogP contribution is 2.28. The van der Waals surface area contributed by atoms with Crippen molar-refractivity contribution in [2.24, 2.45) is 0 Å². The van der Waals surface area contributed by atoms with Gasteiger partial charge in [-0.1, -0.05) is 48.0 Å². The third-order valence-corrected chi connectivity index (χ3v) is 3.50. The number of aromatic nitrogens is 2. The molecular formula is C16H13ClN2O. The van der Waals surface area contributed by atoms with Gasteiger partial charge in [-0.2, -0.15) is 5.10 Å². The molecule has 2 aromatic carbocycles. The molecule has 0 saturated carbocycles. The van der Waals surface area contributed by atoms with Crippen LogP contribution in [0.5, 0.6) is 0 Å². The summed E-state index contributed by atoms with van der Waals surface area (Å²) in [6.45, 7) is 0. The zero-order chi connectivity index (χ0) is 13.9. The van der Waals surface area contributed by atoms with Crippen LogP contribution in [-0.2, 0) is 0 Å². The van der Waals surface area contributed by atoms with Crippen LogP contribution < -0.4 is 0 Å². The summed E-state index contributed by atoms with van der Waals surface area (Å²) in [6.07, 6.45) is 0.856. The normalized spacial score (nSPS) is 12.3. The number of benzene rings is 2. The first-order valence-corrected chi connectivity index (χ1v) is 6.67. The molecule has 20 heavy (non-hydrogen) atoms. The van der Waals surface area contributed by atoms with Crippen LogP contribution in [0.3, 0.4) is 0 Å². The third kappa shape index (κ3) is 2.33. The van der Waals surface area contributed by atoms with Crippen LogP contribution in [0.4, 0.5) is 0 Å². The van der Waals surface area contributed by atoms with Gasteiger partial charge in [-0.25, -0.2) is 4.68 Å². The maximum absolute atomic E-state index is 10.6. The smallest absolute Gasteiger partial charge is 0.123 e. The summed E-state index contributed by atoms with van der Waals surface area (Å²) in [7, 11) is 0. The molecule has 1 N–H and O–H groups in total. The van der Waals surface area contributed by atoms with Gasteiger partial charge in [-0.15, -0.1) is 0 Å². The van der Waals surface area contributed by atoms with E-state index >= 15 is 0 Å². The molecule has 3 rings (SSSR count). The SMILES string of the molecule is OC(c1ccccc1Cl)c1ccnn1-c1ccccc1. The van der Waals surface area contributed by atoms with Crippen molar-refractivity contribution in [2.75, 3.05) is 0 Å². The Morgan fingerprint density at radius 3 is 2.40 bits per heavy atom. The van der Waals surface area contributed by atoms with Crippen molar-refractivity contribution in [3.63, 3.8) is 0 Å². The monoisotopic (exact) mass is 284 g/mol. The van der Waals surface area contributed by atoms with Crippen molar-refractivity contribution >= 4 is 11.6 Å². The Morgan fingerprint density at radius 2 is 1.65 bits per heavy atom. The minimum Gasteiger partial charge on any atom is -0.382 e. The molecule has 3 nitrogen and oxygen atoms in total. The molecule has 0 radical (unpaired) electrons. The molecule has 1 atom stereocenters. The molecule has 0 aliphatic carbocycles. The van der Waals surface area contributed by atoms with Gasteiger partial charge in [0.1, 0.15) is 6.10 Å². The molecule has 4 heteroatoms. The second-order valence-corrected chi connectivity index (χ2v) is 4.83. The number of halogens is 1. The van der Waals surface area contributed by atoms with Crippen molar-refractivity contribution in [3.05, 3.63) is 83.1 Å². The molecule has 3 aromatic rings. The van der Waals surface area contributed by atoms with E-state index in [1.807, 2.05) is 48.5 Å². The summed E-state index contributed by atoms with van der Waals surface area (Å²) in [5.74, 6) is 0. The lowest BCUT2D eigenvalue weighted by molar-refractivity contribution is 0.212. The van der Waals surface area contributed by atoms with Gasteiger partial charge in [0, 0.05) is 16.8 Å². The van der Waals surface area contributed by atoms with Crippen LogP contribution in [0, 0.1) is 0 Å². The first-order chi connectivity index (χ1) is 9.77. The van der Waals surface area contributed by atoms with E-state index in [-0.39, 0.29) is 0 Å². The van der Waals surface area contributed by atoms with E-state index in [1.165, 1.54) is 0 Å². The molecular weight excluding hydrogens is 272 g/mol. The number of hydrogen-bond donors (Lipinski definition) is 1. The fraction of sp³-hybridized carbons (Fsp3) is 0.0625. The second kappa shape index (κ2) is 5.49. The molecule has 0 amide bonds. The average molecular weight is 285 g/mol. The molecule has 0 spiro atoms. The molecule has 100 valence electrons. The highest BCUT2D eigenvalue weighted by atomic mass is 35.5. The summed E-state index contributed by atoms with van der Waals surface area (Å²) in [4.78, 5) is 0. The van der Waals surface area contributed by atoms with Gasteiger partial charge in [-0.3, -0.25) is 0 Å². The maximum Gasteiger partial charge on any atom is 0.123 e. The van der Waals surface area contributed by atoms with Crippen molar-refractivity contribution in [1.82, 2.24) is 9.78 Å². The van der Waals surface area contributed by atoms with E-state index in [1.54, 1.807) is 23.0 Å². The predicted octanol–water partition coefficient (Wildman–Crippen LogP) is 3.61. The average Bonchev–Trinajstić information content (AvgIpc) is 2.97. The Labute approximate surface area is 122 Å². The Kier molecular flexibility index (Phi) is 3.54.